The molecule has 0 nitrogen and oxygen atoms in total. The summed E-state index contributed by atoms with van der Waals surface area (Å²) in [5.41, 5.74) is -2.35. The molecule has 0 atom stereocenters. The lowest BCUT2D eigenvalue weighted by molar-refractivity contribution is -0.141. The van der Waals surface area contributed by atoms with Crippen molar-refractivity contribution in [2.24, 2.45) is 0 Å². The summed E-state index contributed by atoms with van der Waals surface area (Å²) in [5, 5.41) is 0. The average Bonchev–Trinajstić information content (AvgIpc) is 2.15. The summed E-state index contributed by atoms with van der Waals surface area (Å²) >= 11 is 0. The Balaban J connectivity index is 3.27. The van der Waals surface area contributed by atoms with Gasteiger partial charge in [-0.2, -0.15) is 26.3 Å². The molecule has 0 spiro atoms. The van der Waals surface area contributed by atoms with Crippen LogP contribution in [0.3, 0.4) is 0 Å². The van der Waals surface area contributed by atoms with E-state index in [1.54, 1.807) is 6.92 Å². The zero-order chi connectivity index (χ0) is 13.3. The first-order valence-electron chi connectivity index (χ1n) is 4.93. The number of hydrogen-bond acceptors (Lipinski definition) is 0. The normalized spacial score (nSPS) is 12.9. The molecule has 0 aliphatic heterocycles. The third kappa shape index (κ3) is 3.38. The molecule has 0 saturated heterocycles. The van der Waals surface area contributed by atoms with Gasteiger partial charge >= 0.3 is 12.4 Å². The van der Waals surface area contributed by atoms with Gasteiger partial charge in [-0.25, -0.2) is 0 Å². The van der Waals surface area contributed by atoms with E-state index in [0.29, 0.717) is 24.6 Å². The summed E-state index contributed by atoms with van der Waals surface area (Å²) in [6, 6.07) is 1.53. The van der Waals surface area contributed by atoms with Crippen molar-refractivity contribution in [3.05, 3.63) is 34.9 Å². The molecule has 0 N–H and O–H groups in total. The average molecular weight is 256 g/mol. The van der Waals surface area contributed by atoms with E-state index in [1.807, 2.05) is 0 Å². The molecule has 1 aromatic carbocycles. The van der Waals surface area contributed by atoms with Crippen LogP contribution in [0.15, 0.2) is 18.2 Å². The van der Waals surface area contributed by atoms with Crippen LogP contribution in [0.1, 0.15) is 30.0 Å². The smallest absolute Gasteiger partial charge is 0.166 e. The predicted molar refractivity (Wildman–Crippen MR) is 50.4 cm³/mol. The lowest BCUT2D eigenvalue weighted by Crippen LogP contribution is -2.12. The lowest BCUT2D eigenvalue weighted by atomic mass is 9.99. The van der Waals surface area contributed by atoms with E-state index in [9.17, 15) is 26.3 Å². The van der Waals surface area contributed by atoms with Crippen LogP contribution in [0.5, 0.6) is 0 Å². The standard InChI is InChI=1S/C11H10F6/c1-2-3-7-6-8(10(12,13)14)4-5-9(7)11(15,16)17/h4-6H,2-3H2,1H3. The van der Waals surface area contributed by atoms with Crippen molar-refractivity contribution in [3.63, 3.8) is 0 Å². The quantitative estimate of drug-likeness (QED) is 0.674. The Morgan fingerprint density at radius 1 is 0.941 bits per heavy atom. The molecular weight excluding hydrogens is 246 g/mol. The van der Waals surface area contributed by atoms with E-state index in [-0.39, 0.29) is 12.0 Å². The minimum absolute atomic E-state index is 0.0290. The zero-order valence-electron chi connectivity index (χ0n) is 8.91. The second-order valence-electron chi connectivity index (χ2n) is 3.62. The van der Waals surface area contributed by atoms with Gasteiger partial charge in [-0.3, -0.25) is 0 Å². The molecule has 6 heteroatoms. The van der Waals surface area contributed by atoms with Crippen LogP contribution in [-0.2, 0) is 18.8 Å². The van der Waals surface area contributed by atoms with Crippen LogP contribution in [-0.4, -0.2) is 0 Å². The van der Waals surface area contributed by atoms with Crippen LogP contribution >= 0.6 is 0 Å². The molecule has 0 aliphatic carbocycles. The first kappa shape index (κ1) is 13.9. The van der Waals surface area contributed by atoms with Crippen molar-refractivity contribution in [1.29, 1.82) is 0 Å². The Morgan fingerprint density at radius 3 is 1.94 bits per heavy atom. The minimum Gasteiger partial charge on any atom is -0.166 e. The minimum atomic E-state index is -4.62. The van der Waals surface area contributed by atoms with E-state index in [1.165, 1.54) is 0 Å². The fourth-order valence-corrected chi connectivity index (χ4v) is 1.52. The van der Waals surface area contributed by atoms with Gasteiger partial charge in [0.25, 0.3) is 0 Å². The van der Waals surface area contributed by atoms with E-state index >= 15 is 0 Å². The molecular formula is C11H10F6. The van der Waals surface area contributed by atoms with Crippen molar-refractivity contribution < 1.29 is 26.3 Å². The second-order valence-corrected chi connectivity index (χ2v) is 3.62. The first-order chi connectivity index (χ1) is 7.66. The molecule has 0 radical (unpaired) electrons. The molecule has 0 aromatic heterocycles. The number of hydrogen-bond donors (Lipinski definition) is 0. The zero-order valence-corrected chi connectivity index (χ0v) is 8.91. The third-order valence-electron chi connectivity index (χ3n) is 2.26. The molecule has 1 aromatic rings. The Bertz CT molecular complexity index is 388. The maximum absolute atomic E-state index is 12.5. The molecule has 96 valence electrons. The summed E-state index contributed by atoms with van der Waals surface area (Å²) in [7, 11) is 0. The molecule has 0 aliphatic rings. The van der Waals surface area contributed by atoms with E-state index in [4.69, 9.17) is 0 Å². The summed E-state index contributed by atoms with van der Waals surface area (Å²) in [4.78, 5) is 0. The Kier molecular flexibility index (Phi) is 3.74. The summed E-state index contributed by atoms with van der Waals surface area (Å²) in [5.74, 6) is 0. The van der Waals surface area contributed by atoms with Crippen molar-refractivity contribution in [3.8, 4) is 0 Å². The van der Waals surface area contributed by atoms with E-state index in [2.05, 4.69) is 0 Å². The topological polar surface area (TPSA) is 0 Å². The number of benzene rings is 1. The molecule has 0 bridgehead atoms. The Labute approximate surface area is 94.2 Å². The van der Waals surface area contributed by atoms with Crippen LogP contribution in [0, 0.1) is 0 Å². The van der Waals surface area contributed by atoms with Gasteiger partial charge in [0.1, 0.15) is 0 Å². The number of aryl methyl sites for hydroxylation is 1. The summed E-state index contributed by atoms with van der Waals surface area (Å²) in [6.07, 6.45) is -8.91. The van der Waals surface area contributed by atoms with Gasteiger partial charge in [0, 0.05) is 0 Å². The highest BCUT2D eigenvalue weighted by molar-refractivity contribution is 5.35. The maximum atomic E-state index is 12.5. The summed E-state index contributed by atoms with van der Waals surface area (Å²) < 4.78 is 74.6. The van der Waals surface area contributed by atoms with Crippen molar-refractivity contribution >= 4 is 0 Å². The Hall–Kier alpha value is -1.20. The third-order valence-corrected chi connectivity index (χ3v) is 2.26. The lowest BCUT2D eigenvalue weighted by Gasteiger charge is -2.15. The van der Waals surface area contributed by atoms with Crippen molar-refractivity contribution in [2.45, 2.75) is 32.1 Å². The molecule has 0 heterocycles. The monoisotopic (exact) mass is 256 g/mol. The second kappa shape index (κ2) is 4.58. The maximum Gasteiger partial charge on any atom is 0.416 e. The van der Waals surface area contributed by atoms with Gasteiger partial charge < -0.3 is 0 Å². The molecule has 0 saturated carbocycles. The van der Waals surface area contributed by atoms with E-state index in [0.717, 1.165) is 0 Å². The van der Waals surface area contributed by atoms with Gasteiger partial charge in [0.2, 0.25) is 0 Å². The predicted octanol–water partition coefficient (Wildman–Crippen LogP) is 4.68. The Morgan fingerprint density at radius 2 is 1.53 bits per heavy atom. The molecule has 1 rings (SSSR count). The molecule has 0 unspecified atom stereocenters. The number of alkyl halides is 6. The van der Waals surface area contributed by atoms with Crippen LogP contribution in [0.4, 0.5) is 26.3 Å². The van der Waals surface area contributed by atoms with Gasteiger partial charge in [0.05, 0.1) is 11.1 Å². The molecule has 17 heavy (non-hydrogen) atoms. The number of rotatable bonds is 2. The van der Waals surface area contributed by atoms with Crippen molar-refractivity contribution in [2.75, 3.05) is 0 Å². The van der Waals surface area contributed by atoms with Crippen LogP contribution in [0.25, 0.3) is 0 Å². The van der Waals surface area contributed by atoms with Gasteiger partial charge in [-0.1, -0.05) is 13.3 Å². The van der Waals surface area contributed by atoms with Gasteiger partial charge in [0.15, 0.2) is 0 Å². The highest BCUT2D eigenvalue weighted by atomic mass is 19.4. The SMILES string of the molecule is CCCc1cc(C(F)(F)F)ccc1C(F)(F)F. The highest BCUT2D eigenvalue weighted by Crippen LogP contribution is 2.36. The van der Waals surface area contributed by atoms with Crippen LogP contribution < -0.4 is 0 Å². The molecule has 0 amide bonds. The first-order valence-corrected chi connectivity index (χ1v) is 4.93. The largest absolute Gasteiger partial charge is 0.416 e. The van der Waals surface area contributed by atoms with Gasteiger partial charge in [-0.05, 0) is 30.2 Å². The van der Waals surface area contributed by atoms with Crippen molar-refractivity contribution in [1.82, 2.24) is 0 Å². The fraction of sp³-hybridized carbons (Fsp3) is 0.455. The molecule has 0 fully saturated rings. The highest BCUT2D eigenvalue weighted by Gasteiger charge is 2.36. The summed E-state index contributed by atoms with van der Waals surface area (Å²) in [6.45, 7) is 1.61. The van der Waals surface area contributed by atoms with Crippen LogP contribution in [0.2, 0.25) is 0 Å². The number of halogens is 6. The van der Waals surface area contributed by atoms with E-state index < -0.39 is 23.5 Å². The van der Waals surface area contributed by atoms with Gasteiger partial charge in [-0.15, -0.1) is 0 Å². The fourth-order valence-electron chi connectivity index (χ4n) is 1.52.